The number of aromatic nitrogens is 5. The molecule has 1 unspecified atom stereocenters. The van der Waals surface area contributed by atoms with Crippen molar-refractivity contribution in [3.63, 3.8) is 0 Å². The third-order valence-corrected chi connectivity index (χ3v) is 8.46. The highest BCUT2D eigenvalue weighted by Crippen LogP contribution is 2.40. The van der Waals surface area contributed by atoms with Gasteiger partial charge in [0.1, 0.15) is 23.5 Å². The van der Waals surface area contributed by atoms with Crippen molar-refractivity contribution in [1.82, 2.24) is 35.4 Å². The Kier molecular flexibility index (Phi) is 11.0. The number of carbonyl (C=O) groups excluding carboxylic acids is 1. The number of hydrogen-bond acceptors (Lipinski definition) is 10. The largest absolute Gasteiger partial charge is 0.480 e. The van der Waals surface area contributed by atoms with E-state index < -0.39 is 17.7 Å². The number of likely N-dealkylation sites (N-methyl/N-ethyl adjacent to an activating group) is 1. The van der Waals surface area contributed by atoms with Gasteiger partial charge in [-0.2, -0.15) is 5.10 Å². The quantitative estimate of drug-likeness (QED) is 0.125. The topological polar surface area (TPSA) is 136 Å². The number of ether oxygens (including phenoxy) is 1. The molecular weight excluding hydrogens is 642 g/mol. The zero-order chi connectivity index (χ0) is 34.4. The number of halogens is 3. The van der Waals surface area contributed by atoms with Gasteiger partial charge in [-0.3, -0.25) is 9.78 Å². The third kappa shape index (κ3) is 7.33. The Morgan fingerprint density at radius 3 is 2.56 bits per heavy atom. The summed E-state index contributed by atoms with van der Waals surface area (Å²) in [5.41, 5.74) is 3.60. The van der Waals surface area contributed by atoms with Crippen LogP contribution in [0.1, 0.15) is 36.2 Å². The Morgan fingerprint density at radius 2 is 1.83 bits per heavy atom. The molecule has 3 heterocycles. The molecule has 0 fully saturated rings. The molecule has 0 aliphatic heterocycles. The zero-order valence-corrected chi connectivity index (χ0v) is 27.6. The summed E-state index contributed by atoms with van der Waals surface area (Å²) in [6.45, 7) is 2.91. The van der Waals surface area contributed by atoms with Crippen LogP contribution in [-0.2, 0) is 18.4 Å². The number of aryl methyl sites for hydroxylation is 1. The lowest BCUT2D eigenvalue weighted by Gasteiger charge is -2.17. The third-order valence-electron chi connectivity index (χ3n) is 8.05. The van der Waals surface area contributed by atoms with Crippen LogP contribution in [0.15, 0.2) is 59.7 Å². The minimum atomic E-state index is -2.84. The molecule has 0 amide bonds. The molecule has 5 aromatic rings. The number of fused-ring (bicyclic) bond motifs is 1. The average molecular weight is 677 g/mol. The van der Waals surface area contributed by atoms with Gasteiger partial charge in [0.15, 0.2) is 0 Å². The van der Waals surface area contributed by atoms with Crippen LogP contribution in [0.5, 0.6) is 5.88 Å². The van der Waals surface area contributed by atoms with Crippen molar-refractivity contribution in [3.8, 4) is 28.3 Å². The fourth-order valence-corrected chi connectivity index (χ4v) is 5.72. The molecule has 14 heteroatoms. The molecule has 0 aliphatic carbocycles. The highest BCUT2D eigenvalue weighted by atomic mass is 35.5. The molecule has 3 aromatic heterocycles. The first-order valence-corrected chi connectivity index (χ1v) is 15.6. The van der Waals surface area contributed by atoms with Crippen LogP contribution in [0, 0.1) is 6.92 Å². The molecule has 5 rings (SSSR count). The van der Waals surface area contributed by atoms with Gasteiger partial charge in [-0.05, 0) is 43.7 Å². The molecule has 0 saturated carbocycles. The summed E-state index contributed by atoms with van der Waals surface area (Å²) in [5, 5.41) is 14.4. The molecule has 3 N–H and O–H groups in total. The number of aldehydes is 1. The Labute approximate surface area is 280 Å². The minimum absolute atomic E-state index is 0.00490. The summed E-state index contributed by atoms with van der Waals surface area (Å²) in [5.74, 6) is 0.357. The van der Waals surface area contributed by atoms with Crippen molar-refractivity contribution in [2.75, 3.05) is 26.0 Å². The zero-order valence-electron chi connectivity index (χ0n) is 26.9. The predicted molar refractivity (Wildman–Crippen MR) is 182 cm³/mol. The number of pyridine rings is 1. The maximum atomic E-state index is 13.7. The number of carbonyl (C=O) groups is 1. The summed E-state index contributed by atoms with van der Waals surface area (Å²) < 4.78 is 34.2. The SMILES string of the molecule is CNC(CCC=O)CNCc1ncc(-c2cccc(-c3cccc(Nc4nc(C(F)F)cc5cnn(C)c(=O)c45)c3C)c2Cl)nc1OC. The molecule has 11 nitrogen and oxygen atoms in total. The van der Waals surface area contributed by atoms with E-state index in [9.17, 15) is 18.4 Å². The Morgan fingerprint density at radius 1 is 1.08 bits per heavy atom. The van der Waals surface area contributed by atoms with Crippen molar-refractivity contribution in [2.24, 2.45) is 7.05 Å². The summed E-state index contributed by atoms with van der Waals surface area (Å²) >= 11 is 7.03. The van der Waals surface area contributed by atoms with Crippen LogP contribution in [0.4, 0.5) is 20.3 Å². The van der Waals surface area contributed by atoms with E-state index in [2.05, 4.69) is 31.0 Å². The van der Waals surface area contributed by atoms with Gasteiger partial charge < -0.3 is 25.5 Å². The number of nitrogens with zero attached hydrogens (tertiary/aromatic N) is 5. The molecule has 1 atom stereocenters. The van der Waals surface area contributed by atoms with Crippen LogP contribution in [0.25, 0.3) is 33.2 Å². The van der Waals surface area contributed by atoms with E-state index in [1.165, 1.54) is 26.4 Å². The van der Waals surface area contributed by atoms with Crippen molar-refractivity contribution in [2.45, 2.75) is 38.8 Å². The molecule has 48 heavy (non-hydrogen) atoms. The van der Waals surface area contributed by atoms with Crippen LogP contribution < -0.4 is 26.2 Å². The van der Waals surface area contributed by atoms with E-state index in [-0.39, 0.29) is 22.6 Å². The second-order valence-electron chi connectivity index (χ2n) is 11.1. The van der Waals surface area contributed by atoms with Gasteiger partial charge in [0.2, 0.25) is 5.88 Å². The second kappa shape index (κ2) is 15.4. The number of benzene rings is 2. The lowest BCUT2D eigenvalue weighted by atomic mass is 9.96. The number of anilines is 2. The fraction of sp³-hybridized carbons (Fsp3) is 0.294. The van der Waals surface area contributed by atoms with Crippen molar-refractivity contribution < 1.29 is 18.3 Å². The number of methoxy groups -OCH3 is 1. The van der Waals surface area contributed by atoms with Gasteiger partial charge in [-0.1, -0.05) is 41.9 Å². The monoisotopic (exact) mass is 676 g/mol. The molecule has 0 radical (unpaired) electrons. The normalized spacial score (nSPS) is 12.0. The van der Waals surface area contributed by atoms with Gasteiger partial charge in [0.25, 0.3) is 12.0 Å². The van der Waals surface area contributed by atoms with Crippen LogP contribution in [0.3, 0.4) is 0 Å². The maximum absolute atomic E-state index is 13.7. The molecule has 0 bridgehead atoms. The molecule has 0 aliphatic rings. The first kappa shape index (κ1) is 34.5. The van der Waals surface area contributed by atoms with Crippen LogP contribution in [0.2, 0.25) is 5.02 Å². The molecule has 2 aromatic carbocycles. The highest BCUT2D eigenvalue weighted by Gasteiger charge is 2.20. The number of nitrogens with one attached hydrogen (secondary N) is 3. The Bertz CT molecular complexity index is 2010. The van der Waals surface area contributed by atoms with Crippen molar-refractivity contribution >= 4 is 40.2 Å². The van der Waals surface area contributed by atoms with E-state index >= 15 is 0 Å². The van der Waals surface area contributed by atoms with E-state index in [1.807, 2.05) is 38.2 Å². The van der Waals surface area contributed by atoms with Crippen LogP contribution in [-0.4, -0.2) is 57.8 Å². The first-order chi connectivity index (χ1) is 23.2. The number of rotatable bonds is 14. The number of alkyl halides is 2. The Balaban J connectivity index is 1.46. The molecule has 250 valence electrons. The summed E-state index contributed by atoms with van der Waals surface area (Å²) in [7, 11) is 4.86. The van der Waals surface area contributed by atoms with Gasteiger partial charge in [-0.15, -0.1) is 0 Å². The van der Waals surface area contributed by atoms with Gasteiger partial charge in [0, 0.05) is 54.8 Å². The van der Waals surface area contributed by atoms with E-state index in [4.69, 9.17) is 21.3 Å². The maximum Gasteiger partial charge on any atom is 0.280 e. The molecular formula is C34H35ClF2N8O3. The summed E-state index contributed by atoms with van der Waals surface area (Å²) in [4.78, 5) is 37.1. The van der Waals surface area contributed by atoms with Crippen LogP contribution >= 0.6 is 11.6 Å². The Hall–Kier alpha value is -4.85. The van der Waals surface area contributed by atoms with Crippen molar-refractivity contribution in [3.05, 3.63) is 87.2 Å². The molecule has 0 spiro atoms. The predicted octanol–water partition coefficient (Wildman–Crippen LogP) is 5.76. The smallest absolute Gasteiger partial charge is 0.280 e. The van der Waals surface area contributed by atoms with Gasteiger partial charge >= 0.3 is 0 Å². The average Bonchev–Trinajstić information content (AvgIpc) is 3.09. The summed E-state index contributed by atoms with van der Waals surface area (Å²) in [6.07, 6.45) is 2.27. The van der Waals surface area contributed by atoms with E-state index in [1.54, 1.807) is 18.3 Å². The summed E-state index contributed by atoms with van der Waals surface area (Å²) in [6, 6.07) is 12.3. The lowest BCUT2D eigenvalue weighted by molar-refractivity contribution is -0.108. The minimum Gasteiger partial charge on any atom is -0.480 e. The standard InChI is InChI=1S/C34H35ClF2N8O3/c1-19-22(9-6-12-25(19)42-32-29-20(14-26(43-32)31(36)37)15-41-45(3)34(29)47)23-10-5-11-24(30(23)35)27-18-40-28(33(44-27)48-4)17-39-16-21(38-2)8-7-13-46/h5-6,9-15,18,21,31,38-39H,7-8,16-17H2,1-4H3,(H,42,43). The molecule has 0 saturated heterocycles. The van der Waals surface area contributed by atoms with E-state index in [0.717, 1.165) is 28.5 Å². The van der Waals surface area contributed by atoms with Crippen molar-refractivity contribution in [1.29, 1.82) is 0 Å². The lowest BCUT2D eigenvalue weighted by Crippen LogP contribution is -2.36. The highest BCUT2D eigenvalue weighted by molar-refractivity contribution is 6.36. The fourth-order valence-electron chi connectivity index (χ4n) is 5.40. The first-order valence-electron chi connectivity index (χ1n) is 15.2. The van der Waals surface area contributed by atoms with Gasteiger partial charge in [-0.25, -0.2) is 23.4 Å². The number of hydrogen-bond donors (Lipinski definition) is 3. The van der Waals surface area contributed by atoms with E-state index in [0.29, 0.717) is 58.6 Å². The van der Waals surface area contributed by atoms with Gasteiger partial charge in [0.05, 0.1) is 35.6 Å². The second-order valence-corrected chi connectivity index (χ2v) is 11.5.